The van der Waals surface area contributed by atoms with Crippen LogP contribution in [0.2, 0.25) is 5.02 Å². The van der Waals surface area contributed by atoms with Crippen LogP contribution in [0.3, 0.4) is 0 Å². The Kier molecular flexibility index (Phi) is 3.63. The van der Waals surface area contributed by atoms with Crippen molar-refractivity contribution in [2.24, 2.45) is 0 Å². The molecule has 1 amide bonds. The first-order valence-corrected chi connectivity index (χ1v) is 7.08. The Labute approximate surface area is 126 Å². The Hall–Kier alpha value is -1.95. The molecule has 1 N–H and O–H groups in total. The van der Waals surface area contributed by atoms with Crippen molar-refractivity contribution < 1.29 is 24.2 Å². The molecule has 2 heterocycles. The van der Waals surface area contributed by atoms with E-state index in [1.807, 2.05) is 0 Å². The van der Waals surface area contributed by atoms with E-state index in [-0.39, 0.29) is 5.91 Å². The van der Waals surface area contributed by atoms with Crippen LogP contribution in [-0.4, -0.2) is 47.7 Å². The number of benzene rings is 1. The molecule has 1 aromatic rings. The van der Waals surface area contributed by atoms with Crippen molar-refractivity contribution >= 4 is 23.5 Å². The molecule has 0 bridgehead atoms. The van der Waals surface area contributed by atoms with Gasteiger partial charge in [-0.1, -0.05) is 11.6 Å². The summed E-state index contributed by atoms with van der Waals surface area (Å²) in [5.41, 5.74) is 0.317. The van der Waals surface area contributed by atoms with Crippen LogP contribution in [0.1, 0.15) is 23.2 Å². The Morgan fingerprint density at radius 3 is 2.81 bits per heavy atom. The first-order valence-electron chi connectivity index (χ1n) is 6.71. The zero-order chi connectivity index (χ0) is 15.0. The lowest BCUT2D eigenvalue weighted by atomic mass is 10.1. The highest BCUT2D eigenvalue weighted by molar-refractivity contribution is 6.32. The summed E-state index contributed by atoms with van der Waals surface area (Å²) < 4.78 is 10.8. The summed E-state index contributed by atoms with van der Waals surface area (Å²) in [4.78, 5) is 25.1. The van der Waals surface area contributed by atoms with E-state index in [9.17, 15) is 9.59 Å². The van der Waals surface area contributed by atoms with E-state index in [2.05, 4.69) is 0 Å². The molecule has 0 aliphatic carbocycles. The van der Waals surface area contributed by atoms with E-state index in [4.69, 9.17) is 26.2 Å². The summed E-state index contributed by atoms with van der Waals surface area (Å²) in [6, 6.07) is 2.28. The van der Waals surface area contributed by atoms with Crippen molar-refractivity contribution in [2.45, 2.75) is 18.9 Å². The van der Waals surface area contributed by atoms with Gasteiger partial charge in [-0.15, -0.1) is 0 Å². The number of rotatable bonds is 2. The number of carboxylic acid groups (broad SMARTS) is 1. The SMILES string of the molecule is O=C(O)C1CCCN1C(=O)c1cc(Cl)c2c(c1)OCCO2. The summed E-state index contributed by atoms with van der Waals surface area (Å²) in [5.74, 6) is -0.484. The molecule has 1 fully saturated rings. The molecule has 21 heavy (non-hydrogen) atoms. The second-order valence-corrected chi connectivity index (χ2v) is 5.38. The van der Waals surface area contributed by atoms with Crippen LogP contribution in [0.4, 0.5) is 0 Å². The zero-order valence-corrected chi connectivity index (χ0v) is 11.9. The highest BCUT2D eigenvalue weighted by atomic mass is 35.5. The molecule has 0 saturated carbocycles. The maximum absolute atomic E-state index is 12.5. The molecule has 7 heteroatoms. The lowest BCUT2D eigenvalue weighted by molar-refractivity contribution is -0.141. The molecule has 1 atom stereocenters. The lowest BCUT2D eigenvalue weighted by Gasteiger charge is -2.24. The van der Waals surface area contributed by atoms with Gasteiger partial charge in [0.05, 0.1) is 5.02 Å². The highest BCUT2D eigenvalue weighted by Crippen LogP contribution is 2.39. The largest absolute Gasteiger partial charge is 0.486 e. The number of aliphatic carboxylic acids is 1. The minimum absolute atomic E-state index is 0.293. The second kappa shape index (κ2) is 5.44. The van der Waals surface area contributed by atoms with Crippen LogP contribution < -0.4 is 9.47 Å². The molecule has 6 nitrogen and oxygen atoms in total. The van der Waals surface area contributed by atoms with Crippen LogP contribution in [0.25, 0.3) is 0 Å². The van der Waals surface area contributed by atoms with E-state index < -0.39 is 12.0 Å². The van der Waals surface area contributed by atoms with E-state index in [1.165, 1.54) is 11.0 Å². The van der Waals surface area contributed by atoms with Gasteiger partial charge in [0.25, 0.3) is 5.91 Å². The first kappa shape index (κ1) is 14.0. The van der Waals surface area contributed by atoms with E-state index in [0.29, 0.717) is 54.7 Å². The Balaban J connectivity index is 1.91. The Morgan fingerprint density at radius 1 is 1.29 bits per heavy atom. The van der Waals surface area contributed by atoms with Crippen molar-refractivity contribution in [2.75, 3.05) is 19.8 Å². The van der Waals surface area contributed by atoms with Gasteiger partial charge in [-0.3, -0.25) is 4.79 Å². The molecule has 1 aromatic carbocycles. The third-order valence-electron chi connectivity index (χ3n) is 3.64. The topological polar surface area (TPSA) is 76.1 Å². The minimum Gasteiger partial charge on any atom is -0.486 e. The average Bonchev–Trinajstić information content (AvgIpc) is 2.96. The quantitative estimate of drug-likeness (QED) is 0.901. The van der Waals surface area contributed by atoms with E-state index >= 15 is 0 Å². The summed E-state index contributed by atoms with van der Waals surface area (Å²) in [7, 11) is 0. The number of fused-ring (bicyclic) bond motifs is 1. The second-order valence-electron chi connectivity index (χ2n) is 4.98. The fourth-order valence-corrected chi connectivity index (χ4v) is 2.93. The summed E-state index contributed by atoms with van der Waals surface area (Å²) in [5, 5.41) is 9.45. The van der Waals surface area contributed by atoms with Gasteiger partial charge in [0.2, 0.25) is 0 Å². The standard InChI is InChI=1S/C14H14ClNO5/c15-9-6-8(7-11-12(9)21-5-4-20-11)13(17)16-3-1-2-10(16)14(18)19/h6-7,10H,1-5H2,(H,18,19). The van der Waals surface area contributed by atoms with Crippen molar-refractivity contribution in [3.8, 4) is 11.5 Å². The van der Waals surface area contributed by atoms with Crippen molar-refractivity contribution in [1.29, 1.82) is 0 Å². The predicted octanol–water partition coefficient (Wildman–Crippen LogP) is 1.80. The number of ether oxygens (including phenoxy) is 2. The lowest BCUT2D eigenvalue weighted by Crippen LogP contribution is -2.40. The third-order valence-corrected chi connectivity index (χ3v) is 3.92. The minimum atomic E-state index is -0.982. The van der Waals surface area contributed by atoms with Crippen molar-refractivity contribution in [3.05, 3.63) is 22.7 Å². The van der Waals surface area contributed by atoms with Crippen LogP contribution in [0.5, 0.6) is 11.5 Å². The normalized spacial score (nSPS) is 20.4. The molecule has 3 rings (SSSR count). The highest BCUT2D eigenvalue weighted by Gasteiger charge is 2.35. The summed E-state index contributed by atoms with van der Waals surface area (Å²) in [6.45, 7) is 1.23. The van der Waals surface area contributed by atoms with Gasteiger partial charge in [-0.2, -0.15) is 0 Å². The predicted molar refractivity (Wildman–Crippen MR) is 74.1 cm³/mol. The van der Waals surface area contributed by atoms with E-state index in [0.717, 1.165) is 0 Å². The first-order chi connectivity index (χ1) is 10.1. The molecule has 0 radical (unpaired) electrons. The maximum atomic E-state index is 12.5. The van der Waals surface area contributed by atoms with Crippen LogP contribution in [0, 0.1) is 0 Å². The van der Waals surface area contributed by atoms with Crippen LogP contribution in [0.15, 0.2) is 12.1 Å². The number of carboxylic acids is 1. The van der Waals surface area contributed by atoms with Gasteiger partial charge in [0, 0.05) is 12.1 Å². The number of nitrogens with zero attached hydrogens (tertiary/aromatic N) is 1. The van der Waals surface area contributed by atoms with Gasteiger partial charge in [-0.25, -0.2) is 4.79 Å². The maximum Gasteiger partial charge on any atom is 0.326 e. The summed E-state index contributed by atoms with van der Waals surface area (Å²) in [6.07, 6.45) is 1.15. The van der Waals surface area contributed by atoms with Crippen molar-refractivity contribution in [3.63, 3.8) is 0 Å². The molecule has 1 unspecified atom stereocenters. The smallest absolute Gasteiger partial charge is 0.326 e. The van der Waals surface area contributed by atoms with Crippen LogP contribution >= 0.6 is 11.6 Å². The Morgan fingerprint density at radius 2 is 2.05 bits per heavy atom. The molecular weight excluding hydrogens is 298 g/mol. The molecule has 0 spiro atoms. The fraction of sp³-hybridized carbons (Fsp3) is 0.429. The number of halogens is 1. The monoisotopic (exact) mass is 311 g/mol. The van der Waals surface area contributed by atoms with Crippen molar-refractivity contribution in [1.82, 2.24) is 4.90 Å². The van der Waals surface area contributed by atoms with Gasteiger partial charge >= 0.3 is 5.97 Å². The number of carbonyl (C=O) groups excluding carboxylic acids is 1. The molecule has 112 valence electrons. The average molecular weight is 312 g/mol. The summed E-state index contributed by atoms with van der Waals surface area (Å²) >= 11 is 6.10. The fourth-order valence-electron chi connectivity index (χ4n) is 2.67. The van der Waals surface area contributed by atoms with E-state index in [1.54, 1.807) is 6.07 Å². The molecule has 0 aromatic heterocycles. The number of carbonyl (C=O) groups is 2. The molecule has 2 aliphatic rings. The molecular formula is C14H14ClNO5. The number of hydrogen-bond acceptors (Lipinski definition) is 4. The molecule has 2 aliphatic heterocycles. The van der Waals surface area contributed by atoms with Gasteiger partial charge in [-0.05, 0) is 25.0 Å². The number of hydrogen-bond donors (Lipinski definition) is 1. The van der Waals surface area contributed by atoms with Gasteiger partial charge in [0.15, 0.2) is 11.5 Å². The number of likely N-dealkylation sites (tertiary alicyclic amines) is 1. The van der Waals surface area contributed by atoms with Crippen LogP contribution in [-0.2, 0) is 4.79 Å². The van der Waals surface area contributed by atoms with Gasteiger partial charge < -0.3 is 19.5 Å². The Bertz CT molecular complexity index is 603. The molecule has 1 saturated heterocycles. The zero-order valence-electron chi connectivity index (χ0n) is 11.2. The van der Waals surface area contributed by atoms with Gasteiger partial charge in [0.1, 0.15) is 19.3 Å². The third kappa shape index (κ3) is 2.51. The number of amides is 1.